The molecule has 0 aliphatic carbocycles. The Labute approximate surface area is 86.8 Å². The van der Waals surface area contributed by atoms with E-state index in [1.165, 1.54) is 0 Å². The van der Waals surface area contributed by atoms with E-state index in [0.717, 1.165) is 22.2 Å². The molecule has 72 valence electrons. The SMILES string of the molecule is CNc1cc(C)nc(-c2cccs2)n1. The second-order valence-corrected chi connectivity index (χ2v) is 3.89. The maximum atomic E-state index is 4.38. The first-order valence-corrected chi connectivity index (χ1v) is 5.25. The third-order valence-electron chi connectivity index (χ3n) is 1.85. The highest BCUT2D eigenvalue weighted by molar-refractivity contribution is 7.13. The fourth-order valence-corrected chi connectivity index (χ4v) is 1.87. The zero-order chi connectivity index (χ0) is 9.97. The highest BCUT2D eigenvalue weighted by Gasteiger charge is 2.04. The van der Waals surface area contributed by atoms with E-state index in [9.17, 15) is 0 Å². The molecular weight excluding hydrogens is 194 g/mol. The van der Waals surface area contributed by atoms with Crippen molar-refractivity contribution in [3.8, 4) is 10.7 Å². The molecule has 1 N–H and O–H groups in total. The van der Waals surface area contributed by atoms with Gasteiger partial charge in [0, 0.05) is 18.8 Å². The normalized spacial score (nSPS) is 10.1. The Kier molecular flexibility index (Phi) is 2.45. The van der Waals surface area contributed by atoms with Crippen molar-refractivity contribution < 1.29 is 0 Å². The second-order valence-electron chi connectivity index (χ2n) is 2.95. The van der Waals surface area contributed by atoms with Crippen LogP contribution in [0.5, 0.6) is 0 Å². The average molecular weight is 205 g/mol. The summed E-state index contributed by atoms with van der Waals surface area (Å²) in [6.07, 6.45) is 0. The number of aromatic nitrogens is 2. The number of aryl methyl sites for hydroxylation is 1. The summed E-state index contributed by atoms with van der Waals surface area (Å²) in [5.74, 6) is 1.66. The van der Waals surface area contributed by atoms with Gasteiger partial charge in [-0.3, -0.25) is 0 Å². The van der Waals surface area contributed by atoms with E-state index in [-0.39, 0.29) is 0 Å². The number of nitrogens with one attached hydrogen (secondary N) is 1. The van der Waals surface area contributed by atoms with E-state index in [1.54, 1.807) is 11.3 Å². The maximum Gasteiger partial charge on any atom is 0.171 e. The second kappa shape index (κ2) is 3.75. The summed E-state index contributed by atoms with van der Waals surface area (Å²) in [4.78, 5) is 9.87. The van der Waals surface area contributed by atoms with E-state index in [0.29, 0.717) is 0 Å². The molecule has 0 amide bonds. The summed E-state index contributed by atoms with van der Waals surface area (Å²) in [5.41, 5.74) is 0.979. The van der Waals surface area contributed by atoms with E-state index < -0.39 is 0 Å². The molecular formula is C10H11N3S. The minimum Gasteiger partial charge on any atom is -0.373 e. The lowest BCUT2D eigenvalue weighted by molar-refractivity contribution is 1.11. The van der Waals surface area contributed by atoms with Crippen molar-refractivity contribution in [1.29, 1.82) is 0 Å². The molecule has 4 heteroatoms. The number of hydrogen-bond acceptors (Lipinski definition) is 4. The Hall–Kier alpha value is -1.42. The van der Waals surface area contributed by atoms with Crippen LogP contribution in [-0.4, -0.2) is 17.0 Å². The van der Waals surface area contributed by atoms with Crippen LogP contribution in [0.25, 0.3) is 10.7 Å². The van der Waals surface area contributed by atoms with Crippen LogP contribution < -0.4 is 5.32 Å². The predicted octanol–water partition coefficient (Wildman–Crippen LogP) is 2.56. The van der Waals surface area contributed by atoms with Crippen LogP contribution in [0, 0.1) is 6.92 Å². The molecule has 0 aromatic carbocycles. The Bertz CT molecular complexity index is 423. The zero-order valence-corrected chi connectivity index (χ0v) is 8.93. The van der Waals surface area contributed by atoms with Crippen LogP contribution in [0.4, 0.5) is 5.82 Å². The van der Waals surface area contributed by atoms with Crippen molar-refractivity contribution in [3.63, 3.8) is 0 Å². The van der Waals surface area contributed by atoms with Crippen molar-refractivity contribution in [3.05, 3.63) is 29.3 Å². The molecule has 0 fully saturated rings. The third-order valence-corrected chi connectivity index (χ3v) is 2.72. The van der Waals surface area contributed by atoms with Gasteiger partial charge in [-0.2, -0.15) is 0 Å². The zero-order valence-electron chi connectivity index (χ0n) is 8.11. The molecule has 0 bridgehead atoms. The lowest BCUT2D eigenvalue weighted by Crippen LogP contribution is -1.97. The lowest BCUT2D eigenvalue weighted by Gasteiger charge is -2.03. The Balaban J connectivity index is 2.48. The predicted molar refractivity (Wildman–Crippen MR) is 59.6 cm³/mol. The van der Waals surface area contributed by atoms with Gasteiger partial charge in [0.05, 0.1) is 4.88 Å². The molecule has 0 saturated carbocycles. The van der Waals surface area contributed by atoms with Crippen molar-refractivity contribution in [2.24, 2.45) is 0 Å². The third kappa shape index (κ3) is 1.75. The first-order valence-electron chi connectivity index (χ1n) is 4.37. The van der Waals surface area contributed by atoms with Gasteiger partial charge < -0.3 is 5.32 Å². The molecule has 0 spiro atoms. The summed E-state index contributed by atoms with van der Waals surface area (Å²) < 4.78 is 0. The maximum absolute atomic E-state index is 4.38. The van der Waals surface area contributed by atoms with Gasteiger partial charge in [0.1, 0.15) is 5.82 Å². The van der Waals surface area contributed by atoms with Gasteiger partial charge in [-0.25, -0.2) is 9.97 Å². The minimum absolute atomic E-state index is 0.796. The molecule has 14 heavy (non-hydrogen) atoms. The highest BCUT2D eigenvalue weighted by Crippen LogP contribution is 2.22. The average Bonchev–Trinajstić information content (AvgIpc) is 2.69. The van der Waals surface area contributed by atoms with E-state index in [2.05, 4.69) is 15.3 Å². The van der Waals surface area contributed by atoms with Crippen LogP contribution in [0.15, 0.2) is 23.6 Å². The molecule has 0 atom stereocenters. The fraction of sp³-hybridized carbons (Fsp3) is 0.200. The van der Waals surface area contributed by atoms with Crippen molar-refractivity contribution in [2.75, 3.05) is 12.4 Å². The number of hydrogen-bond donors (Lipinski definition) is 1. The summed E-state index contributed by atoms with van der Waals surface area (Å²) >= 11 is 1.65. The van der Waals surface area contributed by atoms with Crippen LogP contribution in [-0.2, 0) is 0 Å². The van der Waals surface area contributed by atoms with Crippen LogP contribution in [0.1, 0.15) is 5.69 Å². The topological polar surface area (TPSA) is 37.8 Å². The largest absolute Gasteiger partial charge is 0.373 e. The standard InChI is InChI=1S/C10H11N3S/c1-7-6-9(11-2)13-10(12-7)8-4-3-5-14-8/h3-6H,1-2H3,(H,11,12,13). The molecule has 0 aliphatic rings. The van der Waals surface area contributed by atoms with E-state index in [4.69, 9.17) is 0 Å². The van der Waals surface area contributed by atoms with Gasteiger partial charge in [-0.05, 0) is 18.4 Å². The van der Waals surface area contributed by atoms with Gasteiger partial charge in [-0.15, -0.1) is 11.3 Å². The molecule has 3 nitrogen and oxygen atoms in total. The number of thiophene rings is 1. The van der Waals surface area contributed by atoms with Gasteiger partial charge >= 0.3 is 0 Å². The minimum atomic E-state index is 0.796. The van der Waals surface area contributed by atoms with Crippen LogP contribution in [0.3, 0.4) is 0 Å². The summed E-state index contributed by atoms with van der Waals surface area (Å²) in [7, 11) is 1.86. The van der Waals surface area contributed by atoms with Crippen LogP contribution >= 0.6 is 11.3 Å². The van der Waals surface area contributed by atoms with Crippen molar-refractivity contribution >= 4 is 17.2 Å². The fourth-order valence-electron chi connectivity index (χ4n) is 1.21. The lowest BCUT2D eigenvalue weighted by atomic mass is 10.4. The van der Waals surface area contributed by atoms with Crippen molar-refractivity contribution in [1.82, 2.24) is 9.97 Å². The molecule has 0 radical (unpaired) electrons. The van der Waals surface area contributed by atoms with Crippen LogP contribution in [0.2, 0.25) is 0 Å². The molecule has 0 saturated heterocycles. The van der Waals surface area contributed by atoms with E-state index >= 15 is 0 Å². The molecule has 2 aromatic heterocycles. The summed E-state index contributed by atoms with van der Waals surface area (Å²) in [6.45, 7) is 1.97. The quantitative estimate of drug-likeness (QED) is 0.818. The first kappa shape index (κ1) is 9.15. The van der Waals surface area contributed by atoms with Crippen molar-refractivity contribution in [2.45, 2.75) is 6.92 Å². The molecule has 0 unspecified atom stereocenters. The van der Waals surface area contributed by atoms with Gasteiger partial charge in [-0.1, -0.05) is 6.07 Å². The first-order chi connectivity index (χ1) is 6.79. The molecule has 2 rings (SSSR count). The Morgan fingerprint density at radius 2 is 2.21 bits per heavy atom. The number of anilines is 1. The molecule has 2 heterocycles. The van der Waals surface area contributed by atoms with E-state index in [1.807, 2.05) is 37.6 Å². The molecule has 2 aromatic rings. The monoisotopic (exact) mass is 205 g/mol. The summed E-state index contributed by atoms with van der Waals surface area (Å²) in [5, 5.41) is 5.05. The smallest absolute Gasteiger partial charge is 0.171 e. The number of rotatable bonds is 2. The van der Waals surface area contributed by atoms with Gasteiger partial charge in [0.25, 0.3) is 0 Å². The molecule has 0 aliphatic heterocycles. The number of nitrogens with zero attached hydrogens (tertiary/aromatic N) is 2. The Morgan fingerprint density at radius 3 is 2.86 bits per heavy atom. The highest BCUT2D eigenvalue weighted by atomic mass is 32.1. The van der Waals surface area contributed by atoms with Gasteiger partial charge in [0.15, 0.2) is 5.82 Å². The Morgan fingerprint density at radius 1 is 1.36 bits per heavy atom. The summed E-state index contributed by atoms with van der Waals surface area (Å²) in [6, 6.07) is 5.96. The van der Waals surface area contributed by atoms with Gasteiger partial charge in [0.2, 0.25) is 0 Å².